The van der Waals surface area contributed by atoms with Crippen molar-refractivity contribution in [3.63, 3.8) is 0 Å². The van der Waals surface area contributed by atoms with E-state index in [1.54, 1.807) is 10.7 Å². The molecule has 2 saturated heterocycles. The first-order valence-corrected chi connectivity index (χ1v) is 10.7. The van der Waals surface area contributed by atoms with Gasteiger partial charge in [-0.1, -0.05) is 13.0 Å². The van der Waals surface area contributed by atoms with Gasteiger partial charge in [0.15, 0.2) is 5.52 Å². The molecule has 1 N–H and O–H groups in total. The second-order valence-electron chi connectivity index (χ2n) is 8.65. The van der Waals surface area contributed by atoms with Crippen LogP contribution in [-0.2, 0) is 11.3 Å². The van der Waals surface area contributed by atoms with Crippen molar-refractivity contribution in [2.24, 2.45) is 5.92 Å². The van der Waals surface area contributed by atoms with Crippen molar-refractivity contribution in [2.75, 3.05) is 26.3 Å². The molecule has 2 fully saturated rings. The maximum atomic E-state index is 14.1. The molecule has 2 aliphatic rings. The van der Waals surface area contributed by atoms with Crippen LogP contribution in [0.2, 0.25) is 0 Å². The van der Waals surface area contributed by atoms with Crippen LogP contribution >= 0.6 is 0 Å². The van der Waals surface area contributed by atoms with E-state index in [0.717, 1.165) is 31.3 Å². The lowest BCUT2D eigenvalue weighted by Crippen LogP contribution is -2.24. The summed E-state index contributed by atoms with van der Waals surface area (Å²) in [4.78, 5) is 22.3. The standard InChI is InChI=1S/C22H25F2N5O2/c1-13-10-28(11-15-2-3-16(23)8-18(15)24)12-17(13)20-26-22(30)19-9-25-21(29(19)27-20)14-4-6-31-7-5-14/h2-3,8-9,13-14,17H,4-7,10-12H2,1H3,(H,26,27,30)/t13?,17-/m0/s1. The summed E-state index contributed by atoms with van der Waals surface area (Å²) in [5, 5.41) is 4.78. The number of rotatable bonds is 4. The van der Waals surface area contributed by atoms with Crippen LogP contribution < -0.4 is 5.56 Å². The van der Waals surface area contributed by atoms with Crippen molar-refractivity contribution in [3.8, 4) is 0 Å². The van der Waals surface area contributed by atoms with E-state index in [9.17, 15) is 13.6 Å². The molecular formula is C22H25F2N5O2. The third kappa shape index (κ3) is 3.87. The van der Waals surface area contributed by atoms with Gasteiger partial charge in [0.05, 0.1) is 6.20 Å². The summed E-state index contributed by atoms with van der Waals surface area (Å²) in [6.45, 7) is 5.23. The van der Waals surface area contributed by atoms with Gasteiger partial charge in [0, 0.05) is 56.3 Å². The largest absolute Gasteiger partial charge is 0.381 e. The van der Waals surface area contributed by atoms with Gasteiger partial charge in [-0.25, -0.2) is 18.3 Å². The van der Waals surface area contributed by atoms with E-state index in [0.29, 0.717) is 43.2 Å². The maximum Gasteiger partial charge on any atom is 0.276 e. The van der Waals surface area contributed by atoms with Crippen LogP contribution in [0.3, 0.4) is 0 Å². The minimum Gasteiger partial charge on any atom is -0.381 e. The van der Waals surface area contributed by atoms with Crippen LogP contribution in [0.4, 0.5) is 8.78 Å². The molecule has 0 aliphatic carbocycles. The molecule has 0 spiro atoms. The van der Waals surface area contributed by atoms with Gasteiger partial charge < -0.3 is 9.72 Å². The summed E-state index contributed by atoms with van der Waals surface area (Å²) in [7, 11) is 0. The monoisotopic (exact) mass is 429 g/mol. The van der Waals surface area contributed by atoms with Crippen LogP contribution in [-0.4, -0.2) is 50.8 Å². The minimum absolute atomic E-state index is 0.00514. The lowest BCUT2D eigenvalue weighted by atomic mass is 9.97. The Morgan fingerprint density at radius 1 is 1.23 bits per heavy atom. The number of aromatic nitrogens is 4. The summed E-state index contributed by atoms with van der Waals surface area (Å²) in [5.74, 6) is 0.759. The van der Waals surface area contributed by atoms with E-state index >= 15 is 0 Å². The number of hydrogen-bond donors (Lipinski definition) is 1. The first kappa shape index (κ1) is 20.3. The molecule has 0 amide bonds. The molecule has 31 heavy (non-hydrogen) atoms. The Morgan fingerprint density at radius 3 is 2.81 bits per heavy atom. The number of H-pyrrole nitrogens is 1. The Hall–Kier alpha value is -2.65. The van der Waals surface area contributed by atoms with Crippen molar-refractivity contribution < 1.29 is 13.5 Å². The molecular weight excluding hydrogens is 404 g/mol. The van der Waals surface area contributed by atoms with Crippen molar-refractivity contribution >= 4 is 5.52 Å². The third-order valence-electron chi connectivity index (χ3n) is 6.48. The molecule has 0 bridgehead atoms. The molecule has 4 heterocycles. The number of halogens is 2. The number of benzene rings is 1. The highest BCUT2D eigenvalue weighted by molar-refractivity contribution is 5.42. The Kier molecular flexibility index (Phi) is 5.31. The number of hydrogen-bond acceptors (Lipinski definition) is 5. The van der Waals surface area contributed by atoms with E-state index in [-0.39, 0.29) is 23.3 Å². The molecule has 0 saturated carbocycles. The first-order chi connectivity index (χ1) is 15.0. The number of ether oxygens (including phenoxy) is 1. The van der Waals surface area contributed by atoms with Crippen LogP contribution in [0.1, 0.15) is 48.8 Å². The van der Waals surface area contributed by atoms with Gasteiger partial charge in [-0.2, -0.15) is 5.10 Å². The number of fused-ring (bicyclic) bond motifs is 1. The van der Waals surface area contributed by atoms with Crippen molar-refractivity contribution in [3.05, 3.63) is 63.6 Å². The minimum atomic E-state index is -0.579. The fourth-order valence-corrected chi connectivity index (χ4v) is 4.78. The maximum absolute atomic E-state index is 14.1. The number of nitrogens with one attached hydrogen (secondary N) is 1. The van der Waals surface area contributed by atoms with Crippen molar-refractivity contribution in [1.29, 1.82) is 0 Å². The van der Waals surface area contributed by atoms with Gasteiger partial charge in [0.2, 0.25) is 0 Å². The second kappa shape index (κ2) is 8.12. The highest BCUT2D eigenvalue weighted by Crippen LogP contribution is 2.32. The zero-order valence-corrected chi connectivity index (χ0v) is 17.4. The van der Waals surface area contributed by atoms with Crippen molar-refractivity contribution in [1.82, 2.24) is 24.5 Å². The number of likely N-dealkylation sites (tertiary alicyclic amines) is 1. The Labute approximate surface area is 178 Å². The molecule has 5 rings (SSSR count). The zero-order chi connectivity index (χ0) is 21.5. The Bertz CT molecular complexity index is 1150. The molecule has 0 radical (unpaired) electrons. The van der Waals surface area contributed by atoms with E-state index in [1.807, 2.05) is 0 Å². The zero-order valence-electron chi connectivity index (χ0n) is 17.4. The molecule has 1 unspecified atom stereocenters. The summed E-state index contributed by atoms with van der Waals surface area (Å²) in [5.41, 5.74) is 0.703. The van der Waals surface area contributed by atoms with E-state index in [1.165, 1.54) is 12.1 Å². The molecule has 7 nitrogen and oxygen atoms in total. The second-order valence-corrected chi connectivity index (χ2v) is 8.65. The van der Waals surface area contributed by atoms with E-state index in [2.05, 4.69) is 21.8 Å². The smallest absolute Gasteiger partial charge is 0.276 e. The van der Waals surface area contributed by atoms with E-state index < -0.39 is 11.6 Å². The van der Waals surface area contributed by atoms with Gasteiger partial charge in [-0.3, -0.25) is 9.69 Å². The molecule has 1 aromatic carbocycles. The molecule has 2 aromatic heterocycles. The summed E-state index contributed by atoms with van der Waals surface area (Å²) in [6, 6.07) is 3.68. The molecule has 2 atom stereocenters. The lowest BCUT2D eigenvalue weighted by Gasteiger charge is -2.21. The summed E-state index contributed by atoms with van der Waals surface area (Å²) < 4.78 is 34.4. The highest BCUT2D eigenvalue weighted by atomic mass is 19.1. The quantitative estimate of drug-likeness (QED) is 0.690. The lowest BCUT2D eigenvalue weighted by molar-refractivity contribution is 0.0832. The van der Waals surface area contributed by atoms with Crippen LogP contribution in [0, 0.1) is 17.6 Å². The fourth-order valence-electron chi connectivity index (χ4n) is 4.78. The topological polar surface area (TPSA) is 75.5 Å². The van der Waals surface area contributed by atoms with Crippen molar-refractivity contribution in [2.45, 2.75) is 38.1 Å². The predicted octanol–water partition coefficient (Wildman–Crippen LogP) is 2.83. The van der Waals surface area contributed by atoms with Gasteiger partial charge in [0.25, 0.3) is 5.56 Å². The predicted molar refractivity (Wildman–Crippen MR) is 110 cm³/mol. The van der Waals surface area contributed by atoms with Crippen LogP contribution in [0.5, 0.6) is 0 Å². The Balaban J connectivity index is 1.41. The average Bonchev–Trinajstić information content (AvgIpc) is 3.34. The summed E-state index contributed by atoms with van der Waals surface area (Å²) >= 11 is 0. The molecule has 9 heteroatoms. The SMILES string of the molecule is CC1CN(Cc2ccc(F)cc2F)C[C@@H]1c1nn2c(C3CCOCC3)ncc2c(=O)[nH]1. The third-order valence-corrected chi connectivity index (χ3v) is 6.48. The number of aromatic amines is 1. The van der Waals surface area contributed by atoms with Gasteiger partial charge >= 0.3 is 0 Å². The van der Waals surface area contributed by atoms with Gasteiger partial charge in [-0.05, 0) is 24.8 Å². The molecule has 3 aromatic rings. The average molecular weight is 429 g/mol. The molecule has 164 valence electrons. The normalized spacial score (nSPS) is 23.1. The van der Waals surface area contributed by atoms with Crippen LogP contribution in [0.15, 0.2) is 29.2 Å². The summed E-state index contributed by atoms with van der Waals surface area (Å²) in [6.07, 6.45) is 3.31. The fraction of sp³-hybridized carbons (Fsp3) is 0.500. The van der Waals surface area contributed by atoms with Gasteiger partial charge in [-0.15, -0.1) is 0 Å². The Morgan fingerprint density at radius 2 is 2.03 bits per heavy atom. The number of imidazole rings is 1. The van der Waals surface area contributed by atoms with Gasteiger partial charge in [0.1, 0.15) is 23.3 Å². The van der Waals surface area contributed by atoms with E-state index in [4.69, 9.17) is 9.84 Å². The van der Waals surface area contributed by atoms with Crippen LogP contribution in [0.25, 0.3) is 5.52 Å². The number of nitrogens with zero attached hydrogens (tertiary/aromatic N) is 4. The molecule has 2 aliphatic heterocycles. The first-order valence-electron chi connectivity index (χ1n) is 10.7. The highest BCUT2D eigenvalue weighted by Gasteiger charge is 2.34.